The number of nitrogens with zero attached hydrogens (tertiary/aromatic N) is 5. The van der Waals surface area contributed by atoms with Gasteiger partial charge in [0, 0.05) is 38.6 Å². The SMILES string of the molecule is Cc1c(/C(O)=C2\C(=O)C(=O)N(CCCN3CCOCC3)C2c2cccnc2)cnn1-c1ccccc1. The van der Waals surface area contributed by atoms with Gasteiger partial charge >= 0.3 is 0 Å². The van der Waals surface area contributed by atoms with Crippen LogP contribution in [0.1, 0.15) is 29.3 Å². The summed E-state index contributed by atoms with van der Waals surface area (Å²) in [5.41, 5.74) is 2.66. The van der Waals surface area contributed by atoms with Gasteiger partial charge in [0.2, 0.25) is 0 Å². The number of Topliss-reactive ketones (excluding diaryl/α,β-unsaturated/α-hetero) is 1. The van der Waals surface area contributed by atoms with Crippen LogP contribution in [0.25, 0.3) is 11.4 Å². The highest BCUT2D eigenvalue weighted by atomic mass is 16.5. The van der Waals surface area contributed by atoms with Crippen LogP contribution in [0, 0.1) is 6.92 Å². The first-order chi connectivity index (χ1) is 17.6. The summed E-state index contributed by atoms with van der Waals surface area (Å²) in [5.74, 6) is -1.53. The van der Waals surface area contributed by atoms with Crippen LogP contribution in [-0.2, 0) is 14.3 Å². The van der Waals surface area contributed by atoms with Gasteiger partial charge in [-0.3, -0.25) is 19.5 Å². The van der Waals surface area contributed by atoms with Crippen LogP contribution in [0.2, 0.25) is 0 Å². The zero-order valence-electron chi connectivity index (χ0n) is 20.2. The van der Waals surface area contributed by atoms with Crippen molar-refractivity contribution in [2.75, 3.05) is 39.4 Å². The van der Waals surface area contributed by atoms with E-state index in [9.17, 15) is 14.7 Å². The number of rotatable bonds is 7. The average Bonchev–Trinajstić information content (AvgIpc) is 3.42. The van der Waals surface area contributed by atoms with Crippen molar-refractivity contribution in [2.45, 2.75) is 19.4 Å². The number of aromatic nitrogens is 3. The lowest BCUT2D eigenvalue weighted by molar-refractivity contribution is -0.140. The molecule has 0 bridgehead atoms. The third-order valence-corrected chi connectivity index (χ3v) is 6.78. The summed E-state index contributed by atoms with van der Waals surface area (Å²) in [6, 6.07) is 12.4. The molecule has 36 heavy (non-hydrogen) atoms. The number of morpholine rings is 1. The van der Waals surface area contributed by atoms with Crippen molar-refractivity contribution in [3.05, 3.63) is 83.4 Å². The zero-order valence-corrected chi connectivity index (χ0v) is 20.2. The van der Waals surface area contributed by atoms with Crippen molar-refractivity contribution in [3.63, 3.8) is 0 Å². The molecule has 1 N–H and O–H groups in total. The van der Waals surface area contributed by atoms with E-state index in [4.69, 9.17) is 4.74 Å². The number of aliphatic hydroxyl groups is 1. The molecule has 0 spiro atoms. The van der Waals surface area contributed by atoms with E-state index in [1.165, 1.54) is 6.20 Å². The van der Waals surface area contributed by atoms with Gasteiger partial charge in [0.25, 0.3) is 11.7 Å². The number of amides is 1. The van der Waals surface area contributed by atoms with E-state index < -0.39 is 17.7 Å². The van der Waals surface area contributed by atoms with Gasteiger partial charge in [-0.15, -0.1) is 0 Å². The molecule has 1 atom stereocenters. The molecule has 9 nitrogen and oxygen atoms in total. The Bertz CT molecular complexity index is 1270. The van der Waals surface area contributed by atoms with Gasteiger partial charge in [-0.1, -0.05) is 24.3 Å². The van der Waals surface area contributed by atoms with Gasteiger partial charge in [-0.2, -0.15) is 5.10 Å². The third-order valence-electron chi connectivity index (χ3n) is 6.78. The maximum absolute atomic E-state index is 13.3. The van der Waals surface area contributed by atoms with Gasteiger partial charge in [0.1, 0.15) is 5.76 Å². The largest absolute Gasteiger partial charge is 0.507 e. The Morgan fingerprint density at radius 1 is 1.06 bits per heavy atom. The maximum Gasteiger partial charge on any atom is 0.295 e. The normalized spacial score (nSPS) is 20.2. The summed E-state index contributed by atoms with van der Waals surface area (Å²) in [6.07, 6.45) is 5.51. The van der Waals surface area contributed by atoms with Crippen LogP contribution < -0.4 is 0 Å². The lowest BCUT2D eigenvalue weighted by Gasteiger charge is -2.29. The van der Waals surface area contributed by atoms with Gasteiger partial charge < -0.3 is 14.7 Å². The molecule has 2 aliphatic rings. The highest BCUT2D eigenvalue weighted by molar-refractivity contribution is 6.46. The topological polar surface area (TPSA) is 101 Å². The number of ether oxygens (including phenoxy) is 1. The number of carbonyl (C=O) groups is 2. The van der Waals surface area contributed by atoms with Crippen molar-refractivity contribution in [3.8, 4) is 5.69 Å². The molecule has 0 radical (unpaired) electrons. The molecular formula is C27H29N5O4. The van der Waals surface area contributed by atoms with E-state index in [0.29, 0.717) is 43.0 Å². The minimum Gasteiger partial charge on any atom is -0.507 e. The molecule has 0 saturated carbocycles. The predicted molar refractivity (Wildman–Crippen MR) is 133 cm³/mol. The zero-order chi connectivity index (χ0) is 25.1. The van der Waals surface area contributed by atoms with E-state index in [0.717, 1.165) is 25.3 Å². The van der Waals surface area contributed by atoms with Gasteiger partial charge in [0.15, 0.2) is 0 Å². The number of ketones is 1. The number of pyridine rings is 1. The molecule has 2 fully saturated rings. The van der Waals surface area contributed by atoms with Crippen molar-refractivity contribution in [2.24, 2.45) is 0 Å². The van der Waals surface area contributed by atoms with Crippen molar-refractivity contribution in [1.29, 1.82) is 0 Å². The summed E-state index contributed by atoms with van der Waals surface area (Å²) in [4.78, 5) is 34.5. The Kier molecular flexibility index (Phi) is 6.92. The molecule has 186 valence electrons. The highest BCUT2D eigenvalue weighted by Crippen LogP contribution is 2.39. The van der Waals surface area contributed by atoms with E-state index in [2.05, 4.69) is 15.0 Å². The number of carbonyl (C=O) groups excluding carboxylic acids is 2. The van der Waals surface area contributed by atoms with Gasteiger partial charge in [-0.25, -0.2) is 4.68 Å². The fraction of sp³-hybridized carbons (Fsp3) is 0.333. The fourth-order valence-electron chi connectivity index (χ4n) is 4.90. The minimum absolute atomic E-state index is 0.0649. The second-order valence-corrected chi connectivity index (χ2v) is 8.98. The van der Waals surface area contributed by atoms with E-state index >= 15 is 0 Å². The third kappa shape index (κ3) is 4.55. The maximum atomic E-state index is 13.3. The van der Waals surface area contributed by atoms with Crippen molar-refractivity contribution < 1.29 is 19.4 Å². The smallest absolute Gasteiger partial charge is 0.295 e. The van der Waals surface area contributed by atoms with Crippen LogP contribution in [0.3, 0.4) is 0 Å². The molecule has 0 aliphatic carbocycles. The molecule has 2 aliphatic heterocycles. The summed E-state index contributed by atoms with van der Waals surface area (Å²) < 4.78 is 7.11. The molecule has 1 aromatic carbocycles. The molecule has 3 aromatic rings. The van der Waals surface area contributed by atoms with Crippen molar-refractivity contribution in [1.82, 2.24) is 24.6 Å². The number of benzene rings is 1. The molecule has 4 heterocycles. The molecule has 1 unspecified atom stereocenters. The molecule has 2 aromatic heterocycles. The number of hydrogen-bond acceptors (Lipinski definition) is 7. The number of hydrogen-bond donors (Lipinski definition) is 1. The molecule has 2 saturated heterocycles. The van der Waals surface area contributed by atoms with Crippen LogP contribution in [-0.4, -0.2) is 80.8 Å². The number of likely N-dealkylation sites (tertiary alicyclic amines) is 1. The first kappa shape index (κ1) is 23.9. The van der Waals surface area contributed by atoms with Crippen LogP contribution in [0.5, 0.6) is 0 Å². The van der Waals surface area contributed by atoms with Crippen LogP contribution in [0.4, 0.5) is 0 Å². The Labute approximate surface area is 209 Å². The lowest BCUT2D eigenvalue weighted by atomic mass is 9.96. The van der Waals surface area contributed by atoms with Crippen molar-refractivity contribution >= 4 is 17.4 Å². The first-order valence-electron chi connectivity index (χ1n) is 12.1. The second-order valence-electron chi connectivity index (χ2n) is 8.98. The van der Waals surface area contributed by atoms with E-state index in [1.807, 2.05) is 43.3 Å². The minimum atomic E-state index is -0.720. The van der Waals surface area contributed by atoms with Gasteiger partial charge in [0.05, 0.1) is 48.0 Å². The number of para-hydroxylation sites is 1. The Hall–Kier alpha value is -3.82. The number of aliphatic hydroxyl groups excluding tert-OH is 1. The van der Waals surface area contributed by atoms with Crippen LogP contribution in [0.15, 0.2) is 66.6 Å². The fourth-order valence-corrected chi connectivity index (χ4v) is 4.90. The highest BCUT2D eigenvalue weighted by Gasteiger charge is 2.46. The summed E-state index contributed by atoms with van der Waals surface area (Å²) in [5, 5.41) is 15.8. The quantitative estimate of drug-likeness (QED) is 0.311. The molecule has 9 heteroatoms. The first-order valence-corrected chi connectivity index (χ1v) is 12.1. The monoisotopic (exact) mass is 487 g/mol. The molecule has 5 rings (SSSR count). The van der Waals surface area contributed by atoms with Crippen LogP contribution >= 0.6 is 0 Å². The summed E-state index contributed by atoms with van der Waals surface area (Å²) in [6.45, 7) is 6.14. The Morgan fingerprint density at radius 2 is 1.83 bits per heavy atom. The second kappa shape index (κ2) is 10.4. The molecule has 1 amide bonds. The summed E-state index contributed by atoms with van der Waals surface area (Å²) in [7, 11) is 0. The van der Waals surface area contributed by atoms with Gasteiger partial charge in [-0.05, 0) is 37.1 Å². The lowest BCUT2D eigenvalue weighted by Crippen LogP contribution is -2.39. The molecular weight excluding hydrogens is 458 g/mol. The Morgan fingerprint density at radius 3 is 2.56 bits per heavy atom. The average molecular weight is 488 g/mol. The predicted octanol–water partition coefficient (Wildman–Crippen LogP) is 2.72. The Balaban J connectivity index is 1.49. The standard InChI is InChI=1S/C27H29N5O4/c1-19-22(18-29-32(19)21-8-3-2-4-9-21)25(33)23-24(20-7-5-10-28-17-20)31(27(35)26(23)34)12-6-11-30-13-15-36-16-14-30/h2-5,7-10,17-18,24,33H,6,11-16H2,1H3/b25-23+. The van der Waals surface area contributed by atoms with E-state index in [-0.39, 0.29) is 11.3 Å². The summed E-state index contributed by atoms with van der Waals surface area (Å²) >= 11 is 0. The van der Waals surface area contributed by atoms with E-state index in [1.54, 1.807) is 28.0 Å².